The van der Waals surface area contributed by atoms with Crippen LogP contribution in [0.15, 0.2) is 41.0 Å². The Hall–Kier alpha value is -1.62. The van der Waals surface area contributed by atoms with Gasteiger partial charge >= 0.3 is 6.18 Å². The van der Waals surface area contributed by atoms with Crippen LogP contribution in [0.1, 0.15) is 30.7 Å². The lowest BCUT2D eigenvalue weighted by Crippen LogP contribution is -2.15. The predicted octanol–water partition coefficient (Wildman–Crippen LogP) is 5.52. The van der Waals surface area contributed by atoms with E-state index in [1.54, 1.807) is 12.1 Å². The third kappa shape index (κ3) is 3.10. The summed E-state index contributed by atoms with van der Waals surface area (Å²) in [6, 6.07) is 6.75. The Balaban J connectivity index is 2.37. The van der Waals surface area contributed by atoms with E-state index in [9.17, 15) is 13.2 Å². The van der Waals surface area contributed by atoms with Gasteiger partial charge in [0, 0.05) is 0 Å². The van der Waals surface area contributed by atoms with Gasteiger partial charge in [0.2, 0.25) is 0 Å². The summed E-state index contributed by atoms with van der Waals surface area (Å²) in [5.74, 6) is 0.570. The van der Waals surface area contributed by atoms with Gasteiger partial charge in [0.1, 0.15) is 5.76 Å². The van der Waals surface area contributed by atoms with Gasteiger partial charge in [-0.25, -0.2) is 0 Å². The molecule has 0 radical (unpaired) electrons. The van der Waals surface area contributed by atoms with Crippen molar-refractivity contribution in [3.05, 3.63) is 52.9 Å². The van der Waals surface area contributed by atoms with E-state index in [2.05, 4.69) is 5.32 Å². The van der Waals surface area contributed by atoms with Crippen LogP contribution in [0.4, 0.5) is 18.9 Å². The third-order valence-electron chi connectivity index (χ3n) is 2.93. The zero-order valence-corrected chi connectivity index (χ0v) is 11.4. The minimum atomic E-state index is -4.46. The Bertz CT molecular complexity index is 566. The Morgan fingerprint density at radius 2 is 2.00 bits per heavy atom. The maximum Gasteiger partial charge on any atom is 0.418 e. The molecule has 1 unspecified atom stereocenters. The lowest BCUT2D eigenvalue weighted by molar-refractivity contribution is -0.137. The van der Waals surface area contributed by atoms with Crippen LogP contribution in [0.25, 0.3) is 0 Å². The Morgan fingerprint density at radius 1 is 1.25 bits per heavy atom. The molecule has 0 aliphatic heterocycles. The molecule has 0 fully saturated rings. The van der Waals surface area contributed by atoms with Gasteiger partial charge in [-0.3, -0.25) is 0 Å². The summed E-state index contributed by atoms with van der Waals surface area (Å²) in [5.41, 5.74) is -0.903. The molecule has 1 atom stereocenters. The highest BCUT2D eigenvalue weighted by Gasteiger charge is 2.35. The number of halogens is 4. The standard InChI is InChI=1S/C14H13ClF3NO/c1-2-11(12-7-4-8-20-12)19-13-9(14(16,17)18)5-3-6-10(13)15/h3-8,11,19H,2H2,1H3. The van der Waals surface area contributed by atoms with Gasteiger partial charge in [0.25, 0.3) is 0 Å². The molecule has 1 aromatic heterocycles. The second-order valence-electron chi connectivity index (χ2n) is 4.28. The smallest absolute Gasteiger partial charge is 0.418 e. The van der Waals surface area contributed by atoms with Crippen LogP contribution >= 0.6 is 11.6 Å². The maximum atomic E-state index is 13.0. The number of hydrogen-bond donors (Lipinski definition) is 1. The van der Waals surface area contributed by atoms with Crippen LogP contribution < -0.4 is 5.32 Å². The highest BCUT2D eigenvalue weighted by molar-refractivity contribution is 6.33. The minimum absolute atomic E-state index is 0.0323. The molecule has 1 aromatic carbocycles. The molecule has 0 aliphatic rings. The molecule has 6 heteroatoms. The number of benzene rings is 1. The Kier molecular flexibility index (Phi) is 4.28. The lowest BCUT2D eigenvalue weighted by atomic mass is 10.1. The summed E-state index contributed by atoms with van der Waals surface area (Å²) < 4.78 is 44.2. The summed E-state index contributed by atoms with van der Waals surface area (Å²) >= 11 is 5.90. The fourth-order valence-corrected chi connectivity index (χ4v) is 2.17. The molecular formula is C14H13ClF3NO. The zero-order chi connectivity index (χ0) is 14.8. The number of para-hydroxylation sites is 1. The van der Waals surface area contributed by atoms with Crippen molar-refractivity contribution in [1.82, 2.24) is 0 Å². The van der Waals surface area contributed by atoms with E-state index in [-0.39, 0.29) is 16.8 Å². The van der Waals surface area contributed by atoms with E-state index in [1.807, 2.05) is 6.92 Å². The Labute approximate surface area is 119 Å². The molecule has 0 amide bonds. The second-order valence-corrected chi connectivity index (χ2v) is 4.69. The quantitative estimate of drug-likeness (QED) is 0.805. The van der Waals surface area contributed by atoms with Crippen LogP contribution in [0, 0.1) is 0 Å². The molecule has 108 valence electrons. The van der Waals surface area contributed by atoms with Crippen LogP contribution in [0.5, 0.6) is 0 Å². The molecule has 2 nitrogen and oxygen atoms in total. The fraction of sp³-hybridized carbons (Fsp3) is 0.286. The first-order valence-corrected chi connectivity index (χ1v) is 6.47. The van der Waals surface area contributed by atoms with Crippen molar-refractivity contribution < 1.29 is 17.6 Å². The number of furan rings is 1. The number of hydrogen-bond acceptors (Lipinski definition) is 2. The molecule has 1 heterocycles. The highest BCUT2D eigenvalue weighted by Crippen LogP contribution is 2.40. The van der Waals surface area contributed by atoms with Crippen LogP contribution in [-0.4, -0.2) is 0 Å². The molecule has 0 spiro atoms. The van der Waals surface area contributed by atoms with Crippen molar-refractivity contribution >= 4 is 17.3 Å². The summed E-state index contributed by atoms with van der Waals surface area (Å²) in [4.78, 5) is 0. The van der Waals surface area contributed by atoms with E-state index < -0.39 is 11.7 Å². The first kappa shape index (κ1) is 14.8. The minimum Gasteiger partial charge on any atom is -0.467 e. The third-order valence-corrected chi connectivity index (χ3v) is 3.25. The van der Waals surface area contributed by atoms with E-state index in [4.69, 9.17) is 16.0 Å². The Morgan fingerprint density at radius 3 is 2.55 bits per heavy atom. The number of anilines is 1. The van der Waals surface area contributed by atoms with Gasteiger partial charge in [0.05, 0.1) is 28.6 Å². The predicted molar refractivity (Wildman–Crippen MR) is 71.8 cm³/mol. The summed E-state index contributed by atoms with van der Waals surface area (Å²) in [6.45, 7) is 1.85. The highest BCUT2D eigenvalue weighted by atomic mass is 35.5. The zero-order valence-electron chi connectivity index (χ0n) is 10.7. The molecule has 20 heavy (non-hydrogen) atoms. The largest absolute Gasteiger partial charge is 0.467 e. The number of alkyl halides is 3. The summed E-state index contributed by atoms with van der Waals surface area (Å²) in [6.07, 6.45) is -2.42. The molecule has 0 saturated heterocycles. The van der Waals surface area contributed by atoms with Crippen molar-refractivity contribution in [2.45, 2.75) is 25.6 Å². The van der Waals surface area contributed by atoms with Crippen molar-refractivity contribution in [1.29, 1.82) is 0 Å². The van der Waals surface area contributed by atoms with E-state index >= 15 is 0 Å². The SMILES string of the molecule is CCC(Nc1c(Cl)cccc1C(F)(F)F)c1ccco1. The number of rotatable bonds is 4. The number of nitrogens with one attached hydrogen (secondary N) is 1. The van der Waals surface area contributed by atoms with Crippen molar-refractivity contribution in [3.8, 4) is 0 Å². The monoisotopic (exact) mass is 303 g/mol. The molecule has 2 rings (SSSR count). The van der Waals surface area contributed by atoms with Gasteiger partial charge < -0.3 is 9.73 Å². The van der Waals surface area contributed by atoms with Gasteiger partial charge in [-0.05, 0) is 30.7 Å². The van der Waals surface area contributed by atoms with Gasteiger partial charge in [-0.1, -0.05) is 24.6 Å². The van der Waals surface area contributed by atoms with Crippen molar-refractivity contribution in [3.63, 3.8) is 0 Å². The molecular weight excluding hydrogens is 291 g/mol. The van der Waals surface area contributed by atoms with Gasteiger partial charge in [-0.2, -0.15) is 13.2 Å². The van der Waals surface area contributed by atoms with Crippen LogP contribution in [0.2, 0.25) is 5.02 Å². The molecule has 0 aliphatic carbocycles. The summed E-state index contributed by atoms with van der Waals surface area (Å²) in [5, 5.41) is 2.86. The summed E-state index contributed by atoms with van der Waals surface area (Å²) in [7, 11) is 0. The molecule has 2 aromatic rings. The fourth-order valence-electron chi connectivity index (χ4n) is 1.95. The van der Waals surface area contributed by atoms with E-state index in [0.29, 0.717) is 12.2 Å². The van der Waals surface area contributed by atoms with E-state index in [0.717, 1.165) is 6.07 Å². The average Bonchev–Trinajstić information content (AvgIpc) is 2.89. The first-order valence-electron chi connectivity index (χ1n) is 6.09. The van der Waals surface area contributed by atoms with Gasteiger partial charge in [-0.15, -0.1) is 0 Å². The van der Waals surface area contributed by atoms with Crippen molar-refractivity contribution in [2.24, 2.45) is 0 Å². The van der Waals surface area contributed by atoms with E-state index in [1.165, 1.54) is 18.4 Å². The van der Waals surface area contributed by atoms with Crippen LogP contribution in [-0.2, 0) is 6.18 Å². The second kappa shape index (κ2) is 5.79. The lowest BCUT2D eigenvalue weighted by Gasteiger charge is -2.21. The van der Waals surface area contributed by atoms with Crippen LogP contribution in [0.3, 0.4) is 0 Å². The average molecular weight is 304 g/mol. The molecule has 0 bridgehead atoms. The topological polar surface area (TPSA) is 25.2 Å². The molecule has 0 saturated carbocycles. The first-order chi connectivity index (χ1) is 9.43. The molecule has 1 N–H and O–H groups in total. The van der Waals surface area contributed by atoms with Gasteiger partial charge in [0.15, 0.2) is 0 Å². The maximum absolute atomic E-state index is 13.0. The van der Waals surface area contributed by atoms with Crippen molar-refractivity contribution in [2.75, 3.05) is 5.32 Å². The normalized spacial score (nSPS) is 13.2.